The second kappa shape index (κ2) is 9.48. The largest absolute Gasteiger partial charge is 0.338 e. The molecule has 0 spiro atoms. The SMILES string of the molecule is O=C(C(Cc1ccccc1)N1C(=O)c2ccccc2C1=O)N1CCN(C2CCCCC2)CC1. The first kappa shape index (κ1) is 21.8. The van der Waals surface area contributed by atoms with Crippen LogP contribution in [0.5, 0.6) is 0 Å². The van der Waals surface area contributed by atoms with E-state index in [1.165, 1.54) is 37.0 Å². The van der Waals surface area contributed by atoms with Crippen LogP contribution in [0.3, 0.4) is 0 Å². The monoisotopic (exact) mass is 445 g/mol. The van der Waals surface area contributed by atoms with Crippen molar-refractivity contribution in [2.24, 2.45) is 0 Å². The van der Waals surface area contributed by atoms with E-state index in [-0.39, 0.29) is 17.7 Å². The summed E-state index contributed by atoms with van der Waals surface area (Å²) in [4.78, 5) is 45.8. The maximum absolute atomic E-state index is 13.8. The topological polar surface area (TPSA) is 60.9 Å². The van der Waals surface area contributed by atoms with Crippen molar-refractivity contribution in [2.75, 3.05) is 26.2 Å². The number of rotatable bonds is 5. The molecule has 1 saturated carbocycles. The van der Waals surface area contributed by atoms with E-state index >= 15 is 0 Å². The van der Waals surface area contributed by atoms with Crippen LogP contribution in [0, 0.1) is 0 Å². The van der Waals surface area contributed by atoms with Gasteiger partial charge in [-0.25, -0.2) is 0 Å². The Hall–Kier alpha value is -2.99. The van der Waals surface area contributed by atoms with Gasteiger partial charge in [0.1, 0.15) is 6.04 Å². The fraction of sp³-hybridized carbons (Fsp3) is 0.444. The summed E-state index contributed by atoms with van der Waals surface area (Å²) in [6.45, 7) is 3.00. The molecule has 2 heterocycles. The molecule has 1 unspecified atom stereocenters. The molecule has 0 N–H and O–H groups in total. The smallest absolute Gasteiger partial charge is 0.262 e. The quantitative estimate of drug-likeness (QED) is 0.662. The van der Waals surface area contributed by atoms with Crippen molar-refractivity contribution in [3.8, 4) is 0 Å². The first-order valence-electron chi connectivity index (χ1n) is 12.2. The second-order valence-corrected chi connectivity index (χ2v) is 9.38. The van der Waals surface area contributed by atoms with Crippen LogP contribution in [0.25, 0.3) is 0 Å². The molecule has 0 aromatic heterocycles. The fourth-order valence-corrected chi connectivity index (χ4v) is 5.58. The minimum absolute atomic E-state index is 0.128. The predicted octanol–water partition coefficient (Wildman–Crippen LogP) is 3.37. The Labute approximate surface area is 195 Å². The lowest BCUT2D eigenvalue weighted by Gasteiger charge is -2.42. The predicted molar refractivity (Wildman–Crippen MR) is 126 cm³/mol. The summed E-state index contributed by atoms with van der Waals surface area (Å²) in [5, 5.41) is 0. The van der Waals surface area contributed by atoms with Gasteiger partial charge in [-0.05, 0) is 30.5 Å². The van der Waals surface area contributed by atoms with Gasteiger partial charge in [-0.1, -0.05) is 61.7 Å². The van der Waals surface area contributed by atoms with Crippen molar-refractivity contribution in [2.45, 2.75) is 50.6 Å². The highest BCUT2D eigenvalue weighted by molar-refractivity contribution is 6.22. The minimum atomic E-state index is -0.832. The summed E-state index contributed by atoms with van der Waals surface area (Å²) in [5.41, 5.74) is 1.71. The highest BCUT2D eigenvalue weighted by Gasteiger charge is 2.44. The van der Waals surface area contributed by atoms with E-state index in [0.717, 1.165) is 18.7 Å². The Bertz CT molecular complexity index is 989. The number of piperazine rings is 1. The number of carbonyl (C=O) groups is 3. The maximum Gasteiger partial charge on any atom is 0.262 e. The van der Waals surface area contributed by atoms with Crippen molar-refractivity contribution in [1.29, 1.82) is 0 Å². The van der Waals surface area contributed by atoms with E-state index in [1.807, 2.05) is 35.2 Å². The normalized spacial score (nSPS) is 20.7. The average Bonchev–Trinajstić information content (AvgIpc) is 3.13. The summed E-state index contributed by atoms with van der Waals surface area (Å²) in [6, 6.07) is 16.3. The summed E-state index contributed by atoms with van der Waals surface area (Å²) in [6.07, 6.45) is 6.75. The number of hydrogen-bond donors (Lipinski definition) is 0. The average molecular weight is 446 g/mol. The van der Waals surface area contributed by atoms with Crippen LogP contribution in [0.4, 0.5) is 0 Å². The van der Waals surface area contributed by atoms with Gasteiger partial charge in [-0.2, -0.15) is 0 Å². The Morgan fingerprint density at radius 3 is 1.97 bits per heavy atom. The van der Waals surface area contributed by atoms with Crippen LogP contribution >= 0.6 is 0 Å². The highest BCUT2D eigenvalue weighted by atomic mass is 16.2. The van der Waals surface area contributed by atoms with Crippen LogP contribution in [0.2, 0.25) is 0 Å². The zero-order chi connectivity index (χ0) is 22.8. The molecule has 0 radical (unpaired) electrons. The van der Waals surface area contributed by atoms with Gasteiger partial charge >= 0.3 is 0 Å². The molecule has 1 aliphatic carbocycles. The molecule has 33 heavy (non-hydrogen) atoms. The summed E-state index contributed by atoms with van der Waals surface area (Å²) >= 11 is 0. The van der Waals surface area contributed by atoms with E-state index in [4.69, 9.17) is 0 Å². The lowest BCUT2D eigenvalue weighted by atomic mass is 9.93. The van der Waals surface area contributed by atoms with E-state index in [0.29, 0.717) is 36.7 Å². The number of hydrogen-bond acceptors (Lipinski definition) is 4. The molecule has 2 aromatic carbocycles. The van der Waals surface area contributed by atoms with E-state index in [9.17, 15) is 14.4 Å². The van der Waals surface area contributed by atoms with Crippen LogP contribution in [-0.2, 0) is 11.2 Å². The van der Waals surface area contributed by atoms with Gasteiger partial charge in [0.25, 0.3) is 11.8 Å². The molecule has 0 bridgehead atoms. The molecule has 2 fully saturated rings. The molecular formula is C27H31N3O3. The fourth-order valence-electron chi connectivity index (χ4n) is 5.58. The summed E-state index contributed by atoms with van der Waals surface area (Å²) in [5.74, 6) is -0.868. The van der Waals surface area contributed by atoms with Crippen LogP contribution in [-0.4, -0.2) is 70.7 Å². The lowest BCUT2D eigenvalue weighted by molar-refractivity contribution is -0.137. The van der Waals surface area contributed by atoms with Gasteiger partial charge < -0.3 is 4.90 Å². The van der Waals surface area contributed by atoms with Crippen LogP contribution in [0.15, 0.2) is 54.6 Å². The Kier molecular flexibility index (Phi) is 6.27. The van der Waals surface area contributed by atoms with Crippen molar-refractivity contribution >= 4 is 17.7 Å². The van der Waals surface area contributed by atoms with Crippen LogP contribution in [0.1, 0.15) is 58.4 Å². The van der Waals surface area contributed by atoms with Crippen molar-refractivity contribution in [1.82, 2.24) is 14.7 Å². The lowest BCUT2D eigenvalue weighted by Crippen LogP contribution is -2.58. The molecule has 172 valence electrons. The molecule has 6 nitrogen and oxygen atoms in total. The third-order valence-corrected chi connectivity index (χ3v) is 7.41. The summed E-state index contributed by atoms with van der Waals surface area (Å²) in [7, 11) is 0. The molecule has 3 amide bonds. The molecule has 1 atom stereocenters. The van der Waals surface area contributed by atoms with Crippen molar-refractivity contribution in [3.05, 3.63) is 71.3 Å². The van der Waals surface area contributed by atoms with E-state index in [1.54, 1.807) is 24.3 Å². The minimum Gasteiger partial charge on any atom is -0.338 e. The molecule has 2 aromatic rings. The molecule has 5 rings (SSSR count). The Morgan fingerprint density at radius 2 is 1.36 bits per heavy atom. The molecular weight excluding hydrogens is 414 g/mol. The zero-order valence-electron chi connectivity index (χ0n) is 19.0. The molecule has 6 heteroatoms. The van der Waals surface area contributed by atoms with Gasteiger partial charge in [0.05, 0.1) is 11.1 Å². The third kappa shape index (κ3) is 4.32. The molecule has 2 aliphatic heterocycles. The van der Waals surface area contributed by atoms with Gasteiger partial charge in [0, 0.05) is 38.6 Å². The van der Waals surface area contributed by atoms with Gasteiger partial charge in [0.2, 0.25) is 5.91 Å². The van der Waals surface area contributed by atoms with Gasteiger partial charge in [-0.3, -0.25) is 24.2 Å². The van der Waals surface area contributed by atoms with E-state index in [2.05, 4.69) is 4.90 Å². The summed E-state index contributed by atoms with van der Waals surface area (Å²) < 4.78 is 0. The number of nitrogens with zero attached hydrogens (tertiary/aromatic N) is 3. The van der Waals surface area contributed by atoms with Gasteiger partial charge in [0.15, 0.2) is 0 Å². The van der Waals surface area contributed by atoms with Crippen molar-refractivity contribution in [3.63, 3.8) is 0 Å². The third-order valence-electron chi connectivity index (χ3n) is 7.41. The van der Waals surface area contributed by atoms with Crippen LogP contribution < -0.4 is 0 Å². The molecule has 3 aliphatic rings. The van der Waals surface area contributed by atoms with Gasteiger partial charge in [-0.15, -0.1) is 0 Å². The standard InChI is InChI=1S/C27H31N3O3/c31-25-22-13-7-8-14-23(22)26(32)30(25)24(19-20-9-3-1-4-10-20)27(33)29-17-15-28(16-18-29)21-11-5-2-6-12-21/h1,3-4,7-10,13-14,21,24H,2,5-6,11-12,15-19H2. The first-order valence-corrected chi connectivity index (χ1v) is 12.2. The molecule has 1 saturated heterocycles. The number of carbonyl (C=O) groups excluding carboxylic acids is 3. The Morgan fingerprint density at radius 1 is 0.788 bits per heavy atom. The second-order valence-electron chi connectivity index (χ2n) is 9.38. The zero-order valence-corrected chi connectivity index (χ0v) is 19.0. The number of imide groups is 1. The van der Waals surface area contributed by atoms with Crippen molar-refractivity contribution < 1.29 is 14.4 Å². The highest BCUT2D eigenvalue weighted by Crippen LogP contribution is 2.28. The number of amides is 3. The number of fused-ring (bicyclic) bond motifs is 1. The van der Waals surface area contributed by atoms with E-state index < -0.39 is 6.04 Å². The number of benzene rings is 2. The Balaban J connectivity index is 1.36. The maximum atomic E-state index is 13.8. The first-order chi connectivity index (χ1) is 16.1.